The zero-order valence-electron chi connectivity index (χ0n) is 16.8. The summed E-state index contributed by atoms with van der Waals surface area (Å²) in [5.41, 5.74) is 0.663. The van der Waals surface area contributed by atoms with E-state index in [1.807, 2.05) is 25.7 Å². The van der Waals surface area contributed by atoms with Gasteiger partial charge in [0, 0.05) is 36.3 Å². The van der Waals surface area contributed by atoms with Crippen molar-refractivity contribution in [3.63, 3.8) is 0 Å². The highest BCUT2D eigenvalue weighted by Gasteiger charge is 2.30. The molecule has 0 saturated heterocycles. The van der Waals surface area contributed by atoms with Crippen LogP contribution in [0.25, 0.3) is 0 Å². The molecular formula is C20H22N4O5S. The van der Waals surface area contributed by atoms with Crippen molar-refractivity contribution in [3.05, 3.63) is 58.1 Å². The molecule has 1 amide bonds. The van der Waals surface area contributed by atoms with Gasteiger partial charge in [0.2, 0.25) is 0 Å². The number of benzene rings is 2. The van der Waals surface area contributed by atoms with Crippen LogP contribution in [0.5, 0.6) is 0 Å². The Kier molecular flexibility index (Phi) is 5.88. The van der Waals surface area contributed by atoms with E-state index in [0.717, 1.165) is 6.07 Å². The van der Waals surface area contributed by atoms with Crippen molar-refractivity contribution in [2.75, 3.05) is 16.8 Å². The molecule has 1 N–H and O–H groups in total. The molecule has 0 spiro atoms. The van der Waals surface area contributed by atoms with Gasteiger partial charge in [-0.25, -0.2) is 0 Å². The Balaban J connectivity index is 1.95. The zero-order chi connectivity index (χ0) is 22.1. The van der Waals surface area contributed by atoms with Crippen LogP contribution in [0.3, 0.4) is 0 Å². The van der Waals surface area contributed by atoms with E-state index in [2.05, 4.69) is 9.71 Å². The minimum atomic E-state index is -3.91. The van der Waals surface area contributed by atoms with Crippen LogP contribution in [0.15, 0.2) is 51.8 Å². The minimum Gasteiger partial charge on any atom is -0.328 e. The van der Waals surface area contributed by atoms with E-state index >= 15 is 0 Å². The lowest BCUT2D eigenvalue weighted by atomic mass is 10.1. The summed E-state index contributed by atoms with van der Waals surface area (Å²) in [5, 5.41) is 13.5. The molecule has 30 heavy (non-hydrogen) atoms. The molecule has 0 saturated carbocycles. The second-order valence-corrected chi connectivity index (χ2v) is 8.86. The molecule has 2 aromatic carbocycles. The van der Waals surface area contributed by atoms with Crippen LogP contribution in [0, 0.1) is 16.0 Å². The molecule has 0 bridgehead atoms. The highest BCUT2D eigenvalue weighted by Crippen LogP contribution is 2.35. The van der Waals surface area contributed by atoms with E-state index in [4.69, 9.17) is 0 Å². The first-order valence-corrected chi connectivity index (χ1v) is 10.9. The van der Waals surface area contributed by atoms with Crippen molar-refractivity contribution >= 4 is 38.8 Å². The maximum absolute atomic E-state index is 12.7. The van der Waals surface area contributed by atoms with Gasteiger partial charge in [0.1, 0.15) is 10.7 Å². The van der Waals surface area contributed by atoms with Crippen LogP contribution in [-0.2, 0) is 10.0 Å². The van der Waals surface area contributed by atoms with Gasteiger partial charge in [-0.3, -0.25) is 14.9 Å². The predicted octanol–water partition coefficient (Wildman–Crippen LogP) is 3.82. The summed E-state index contributed by atoms with van der Waals surface area (Å²) in [6.07, 6.45) is 0.469. The standard InChI is InChI=1S/C20H22N4O5S/c1-4-19-22-30(28,29)18-11-15(8-9-17(18)23(19)12-13(2)3)21-20(25)14-6-5-7-16(10-14)24(26)27/h5-11,13H,4,12H2,1-3H3,(H,21,25). The van der Waals surface area contributed by atoms with Gasteiger partial charge in [-0.05, 0) is 30.2 Å². The number of carbonyl (C=O) groups excluding carboxylic acids is 1. The van der Waals surface area contributed by atoms with Crippen LogP contribution < -0.4 is 10.2 Å². The number of rotatable bonds is 6. The topological polar surface area (TPSA) is 122 Å². The quantitative estimate of drug-likeness (QED) is 0.549. The Hall–Kier alpha value is -3.27. The van der Waals surface area contributed by atoms with Gasteiger partial charge in [0.25, 0.3) is 21.6 Å². The average molecular weight is 430 g/mol. The summed E-state index contributed by atoms with van der Waals surface area (Å²) in [5.74, 6) is 0.178. The molecule has 9 nitrogen and oxygen atoms in total. The first-order valence-electron chi connectivity index (χ1n) is 9.43. The molecule has 1 heterocycles. The van der Waals surface area contributed by atoms with Gasteiger partial charge >= 0.3 is 0 Å². The first-order chi connectivity index (χ1) is 14.1. The van der Waals surface area contributed by atoms with E-state index in [9.17, 15) is 23.3 Å². The zero-order valence-corrected chi connectivity index (χ0v) is 17.6. The van der Waals surface area contributed by atoms with Crippen molar-refractivity contribution < 1.29 is 18.1 Å². The fourth-order valence-electron chi connectivity index (χ4n) is 3.19. The number of nitro benzene ring substituents is 1. The molecule has 0 aliphatic carbocycles. The molecule has 0 fully saturated rings. The number of non-ortho nitro benzene ring substituents is 1. The summed E-state index contributed by atoms with van der Waals surface area (Å²) in [6, 6.07) is 9.91. The van der Waals surface area contributed by atoms with E-state index in [0.29, 0.717) is 24.5 Å². The minimum absolute atomic E-state index is 0.0113. The number of amides is 1. The fraction of sp³-hybridized carbons (Fsp3) is 0.300. The highest BCUT2D eigenvalue weighted by molar-refractivity contribution is 7.90. The number of nitrogens with one attached hydrogen (secondary N) is 1. The monoisotopic (exact) mass is 430 g/mol. The molecule has 0 radical (unpaired) electrons. The molecule has 10 heteroatoms. The Labute approximate surface area is 174 Å². The number of amidine groups is 1. The van der Waals surface area contributed by atoms with Crippen LogP contribution >= 0.6 is 0 Å². The van der Waals surface area contributed by atoms with E-state index in [-0.39, 0.29) is 27.8 Å². The molecule has 2 aromatic rings. The molecule has 1 aliphatic rings. The molecule has 1 aliphatic heterocycles. The van der Waals surface area contributed by atoms with Gasteiger partial charge in [0.15, 0.2) is 0 Å². The van der Waals surface area contributed by atoms with E-state index < -0.39 is 20.9 Å². The molecular weight excluding hydrogens is 408 g/mol. The number of nitrogens with zero attached hydrogens (tertiary/aromatic N) is 3. The number of hydrogen-bond acceptors (Lipinski definition) is 6. The van der Waals surface area contributed by atoms with Crippen molar-refractivity contribution in [1.82, 2.24) is 0 Å². The number of fused-ring (bicyclic) bond motifs is 1. The molecule has 0 aromatic heterocycles. The lowest BCUT2D eigenvalue weighted by molar-refractivity contribution is -0.384. The Morgan fingerprint density at radius 1 is 1.23 bits per heavy atom. The van der Waals surface area contributed by atoms with Gasteiger partial charge < -0.3 is 10.2 Å². The third-order valence-corrected chi connectivity index (χ3v) is 5.84. The van der Waals surface area contributed by atoms with Crippen molar-refractivity contribution in [3.8, 4) is 0 Å². The second-order valence-electron chi connectivity index (χ2n) is 7.28. The summed E-state index contributed by atoms with van der Waals surface area (Å²) in [4.78, 5) is 24.7. The summed E-state index contributed by atoms with van der Waals surface area (Å²) < 4.78 is 29.3. The summed E-state index contributed by atoms with van der Waals surface area (Å²) >= 11 is 0. The fourth-order valence-corrected chi connectivity index (χ4v) is 4.51. The van der Waals surface area contributed by atoms with E-state index in [1.165, 1.54) is 24.3 Å². The summed E-state index contributed by atoms with van der Waals surface area (Å²) in [7, 11) is -3.91. The van der Waals surface area contributed by atoms with Crippen molar-refractivity contribution in [2.24, 2.45) is 10.3 Å². The number of anilines is 2. The van der Waals surface area contributed by atoms with Gasteiger partial charge in [-0.2, -0.15) is 8.42 Å². The van der Waals surface area contributed by atoms with Crippen molar-refractivity contribution in [1.29, 1.82) is 0 Å². The predicted molar refractivity (Wildman–Crippen MR) is 115 cm³/mol. The van der Waals surface area contributed by atoms with Gasteiger partial charge in [-0.15, -0.1) is 4.40 Å². The smallest absolute Gasteiger partial charge is 0.286 e. The number of carbonyl (C=O) groups is 1. The maximum Gasteiger partial charge on any atom is 0.286 e. The Morgan fingerprint density at radius 3 is 2.60 bits per heavy atom. The van der Waals surface area contributed by atoms with E-state index in [1.54, 1.807) is 12.1 Å². The van der Waals surface area contributed by atoms with Crippen LogP contribution in [0.2, 0.25) is 0 Å². The SMILES string of the molecule is CCC1=NS(=O)(=O)c2cc(NC(=O)c3cccc([N+](=O)[O-])c3)ccc2N1CC(C)C. The normalized spacial score (nSPS) is 14.8. The largest absolute Gasteiger partial charge is 0.328 e. The van der Waals surface area contributed by atoms with Crippen molar-refractivity contribution in [2.45, 2.75) is 32.1 Å². The Morgan fingerprint density at radius 2 is 1.97 bits per heavy atom. The number of hydrogen-bond donors (Lipinski definition) is 1. The maximum atomic E-state index is 12.7. The summed E-state index contributed by atoms with van der Waals surface area (Å²) in [6.45, 7) is 6.52. The second kappa shape index (κ2) is 8.23. The number of nitro groups is 1. The first kappa shape index (κ1) is 21.4. The Bertz CT molecular complexity index is 1140. The third-order valence-electron chi connectivity index (χ3n) is 4.51. The molecule has 158 valence electrons. The van der Waals surface area contributed by atoms with Crippen LogP contribution in [0.1, 0.15) is 37.6 Å². The highest BCUT2D eigenvalue weighted by atomic mass is 32.2. The average Bonchev–Trinajstić information content (AvgIpc) is 2.69. The van der Waals surface area contributed by atoms with Crippen LogP contribution in [0.4, 0.5) is 17.1 Å². The lowest BCUT2D eigenvalue weighted by Gasteiger charge is -2.32. The third kappa shape index (κ3) is 4.33. The van der Waals surface area contributed by atoms with Gasteiger partial charge in [0.05, 0.1) is 10.6 Å². The molecule has 0 atom stereocenters. The lowest BCUT2D eigenvalue weighted by Crippen LogP contribution is -2.38. The number of sulfonamides is 1. The molecule has 3 rings (SSSR count). The molecule has 0 unspecified atom stereocenters. The van der Waals surface area contributed by atoms with Crippen LogP contribution in [-0.4, -0.2) is 31.6 Å². The van der Waals surface area contributed by atoms with Gasteiger partial charge in [-0.1, -0.05) is 26.8 Å².